The van der Waals surface area contributed by atoms with Crippen LogP contribution in [0, 0.1) is 6.92 Å². The van der Waals surface area contributed by atoms with Crippen LogP contribution >= 0.6 is 11.6 Å². The average molecular weight is 419 g/mol. The highest BCUT2D eigenvalue weighted by atomic mass is 35.5. The third-order valence-electron chi connectivity index (χ3n) is 4.93. The van der Waals surface area contributed by atoms with Gasteiger partial charge < -0.3 is 10.1 Å². The van der Waals surface area contributed by atoms with E-state index in [0.29, 0.717) is 33.3 Å². The fourth-order valence-corrected chi connectivity index (χ4v) is 3.51. The number of hydrogen-bond acceptors (Lipinski definition) is 4. The molecule has 1 heterocycles. The zero-order valence-corrected chi connectivity index (χ0v) is 17.2. The minimum absolute atomic E-state index is 0.218. The van der Waals surface area contributed by atoms with Crippen LogP contribution in [0.1, 0.15) is 11.1 Å². The summed E-state index contributed by atoms with van der Waals surface area (Å²) in [6.07, 6.45) is 0. The summed E-state index contributed by atoms with van der Waals surface area (Å²) in [6, 6.07) is 21.3. The van der Waals surface area contributed by atoms with Crippen LogP contribution in [0.3, 0.4) is 0 Å². The molecule has 5 nitrogen and oxygen atoms in total. The third-order valence-corrected chi connectivity index (χ3v) is 5.18. The zero-order valence-electron chi connectivity index (χ0n) is 16.5. The second-order valence-corrected chi connectivity index (χ2v) is 7.28. The number of aryl methyl sites for hydroxylation is 1. The Labute approximate surface area is 179 Å². The van der Waals surface area contributed by atoms with Gasteiger partial charge in [0.05, 0.1) is 18.4 Å². The number of rotatable bonds is 5. The molecule has 1 aliphatic heterocycles. The van der Waals surface area contributed by atoms with Gasteiger partial charge in [-0.05, 0) is 60.5 Å². The summed E-state index contributed by atoms with van der Waals surface area (Å²) in [5.74, 6) is -0.0921. The lowest BCUT2D eigenvalue weighted by Gasteiger charge is -2.17. The standard InChI is InChI=1S/C24H19ClN2O3/c1-15-5-3-4-6-20(15)27-23(28)21(16-7-9-17(25)10-8-16)22(24(27)29)26-18-11-13-19(30-2)14-12-18/h3-14,26H,1-2H3. The molecule has 1 N–H and O–H groups in total. The number of ether oxygens (including phenoxy) is 1. The number of amides is 2. The number of halogens is 1. The quantitative estimate of drug-likeness (QED) is 0.589. The summed E-state index contributed by atoms with van der Waals surface area (Å²) >= 11 is 6.02. The first kappa shape index (κ1) is 19.7. The number of nitrogens with zero attached hydrogens (tertiary/aromatic N) is 1. The zero-order chi connectivity index (χ0) is 21.3. The second kappa shape index (κ2) is 8.05. The molecule has 0 unspecified atom stereocenters. The third kappa shape index (κ3) is 3.55. The molecule has 0 spiro atoms. The molecule has 0 fully saturated rings. The van der Waals surface area contributed by atoms with Gasteiger partial charge in [-0.25, -0.2) is 4.90 Å². The molecule has 0 aromatic heterocycles. The first-order valence-corrected chi connectivity index (χ1v) is 9.73. The minimum Gasteiger partial charge on any atom is -0.497 e. The first-order chi connectivity index (χ1) is 14.5. The molecule has 2 amide bonds. The highest BCUT2D eigenvalue weighted by Gasteiger charge is 2.40. The van der Waals surface area contributed by atoms with E-state index in [4.69, 9.17) is 16.3 Å². The number of anilines is 2. The van der Waals surface area contributed by atoms with Crippen molar-refractivity contribution in [2.24, 2.45) is 0 Å². The van der Waals surface area contributed by atoms with Gasteiger partial charge in [0.15, 0.2) is 0 Å². The number of benzene rings is 3. The van der Waals surface area contributed by atoms with Gasteiger partial charge in [-0.15, -0.1) is 0 Å². The average Bonchev–Trinajstić information content (AvgIpc) is 2.99. The Balaban J connectivity index is 1.81. The predicted octanol–water partition coefficient (Wildman–Crippen LogP) is 5.05. The molecule has 6 heteroatoms. The highest BCUT2D eigenvalue weighted by Crippen LogP contribution is 2.35. The smallest absolute Gasteiger partial charge is 0.282 e. The van der Waals surface area contributed by atoms with Gasteiger partial charge in [-0.3, -0.25) is 9.59 Å². The molecule has 150 valence electrons. The lowest BCUT2D eigenvalue weighted by molar-refractivity contribution is -0.120. The predicted molar refractivity (Wildman–Crippen MR) is 119 cm³/mol. The summed E-state index contributed by atoms with van der Waals surface area (Å²) in [7, 11) is 1.59. The van der Waals surface area contributed by atoms with Gasteiger partial charge in [-0.1, -0.05) is 41.9 Å². The van der Waals surface area contributed by atoms with Crippen molar-refractivity contribution < 1.29 is 14.3 Å². The van der Waals surface area contributed by atoms with Crippen molar-refractivity contribution in [3.8, 4) is 5.75 Å². The molecular weight excluding hydrogens is 400 g/mol. The number of para-hydroxylation sites is 1. The number of imide groups is 1. The van der Waals surface area contributed by atoms with Crippen LogP contribution in [0.5, 0.6) is 5.75 Å². The molecular formula is C24H19ClN2O3. The summed E-state index contributed by atoms with van der Waals surface area (Å²) in [5.41, 5.74) is 3.20. The fourth-order valence-electron chi connectivity index (χ4n) is 3.38. The van der Waals surface area contributed by atoms with E-state index in [-0.39, 0.29) is 11.6 Å². The highest BCUT2D eigenvalue weighted by molar-refractivity contribution is 6.46. The van der Waals surface area contributed by atoms with E-state index in [2.05, 4.69) is 5.32 Å². The summed E-state index contributed by atoms with van der Waals surface area (Å²) in [5, 5.41) is 3.69. The van der Waals surface area contributed by atoms with Gasteiger partial charge >= 0.3 is 0 Å². The van der Waals surface area contributed by atoms with Gasteiger partial charge in [0.1, 0.15) is 11.4 Å². The van der Waals surface area contributed by atoms with E-state index in [1.165, 1.54) is 4.90 Å². The van der Waals surface area contributed by atoms with E-state index in [9.17, 15) is 9.59 Å². The summed E-state index contributed by atoms with van der Waals surface area (Å²) < 4.78 is 5.19. The van der Waals surface area contributed by atoms with Crippen molar-refractivity contribution >= 4 is 40.4 Å². The number of hydrogen-bond donors (Lipinski definition) is 1. The second-order valence-electron chi connectivity index (χ2n) is 6.84. The lowest BCUT2D eigenvalue weighted by Crippen LogP contribution is -2.33. The minimum atomic E-state index is -0.407. The van der Waals surface area contributed by atoms with Crippen LogP contribution in [-0.2, 0) is 9.59 Å². The molecule has 0 bridgehead atoms. The molecule has 0 saturated heterocycles. The molecule has 3 aromatic carbocycles. The fraction of sp³-hybridized carbons (Fsp3) is 0.0833. The Hall–Kier alpha value is -3.57. The van der Waals surface area contributed by atoms with Crippen molar-refractivity contribution in [2.45, 2.75) is 6.92 Å². The number of methoxy groups -OCH3 is 1. The number of nitrogens with one attached hydrogen (secondary N) is 1. The molecule has 30 heavy (non-hydrogen) atoms. The topological polar surface area (TPSA) is 58.6 Å². The van der Waals surface area contributed by atoms with Crippen LogP contribution in [0.2, 0.25) is 5.02 Å². The van der Waals surface area contributed by atoms with Crippen LogP contribution in [-0.4, -0.2) is 18.9 Å². The van der Waals surface area contributed by atoms with Gasteiger partial charge in [0, 0.05) is 10.7 Å². The van der Waals surface area contributed by atoms with Gasteiger partial charge in [-0.2, -0.15) is 0 Å². The van der Waals surface area contributed by atoms with Crippen LogP contribution in [0.25, 0.3) is 5.57 Å². The van der Waals surface area contributed by atoms with Crippen LogP contribution < -0.4 is 15.0 Å². The molecule has 4 rings (SSSR count). The van der Waals surface area contributed by atoms with E-state index >= 15 is 0 Å². The summed E-state index contributed by atoms with van der Waals surface area (Å²) in [4.78, 5) is 28.0. The van der Waals surface area contributed by atoms with E-state index in [0.717, 1.165) is 5.56 Å². The number of carbonyl (C=O) groups is 2. The van der Waals surface area contributed by atoms with Crippen LogP contribution in [0.15, 0.2) is 78.5 Å². The first-order valence-electron chi connectivity index (χ1n) is 9.35. The lowest BCUT2D eigenvalue weighted by atomic mass is 10.0. The molecule has 0 radical (unpaired) electrons. The maximum absolute atomic E-state index is 13.4. The van der Waals surface area contributed by atoms with Crippen molar-refractivity contribution in [1.82, 2.24) is 0 Å². The van der Waals surface area contributed by atoms with Gasteiger partial charge in [0.2, 0.25) is 0 Å². The molecule has 3 aromatic rings. The maximum atomic E-state index is 13.4. The van der Waals surface area contributed by atoms with Crippen molar-refractivity contribution in [2.75, 3.05) is 17.3 Å². The normalized spacial score (nSPS) is 13.8. The van der Waals surface area contributed by atoms with E-state index in [1.807, 2.05) is 19.1 Å². The van der Waals surface area contributed by atoms with Crippen molar-refractivity contribution in [3.63, 3.8) is 0 Å². The Bertz CT molecular complexity index is 1150. The Morgan fingerprint density at radius 2 is 1.53 bits per heavy atom. The Kier molecular flexibility index (Phi) is 5.29. The monoisotopic (exact) mass is 418 g/mol. The van der Waals surface area contributed by atoms with E-state index in [1.54, 1.807) is 67.8 Å². The van der Waals surface area contributed by atoms with Crippen molar-refractivity contribution in [1.29, 1.82) is 0 Å². The SMILES string of the molecule is COc1ccc(NC2=C(c3ccc(Cl)cc3)C(=O)N(c3ccccc3C)C2=O)cc1. The molecule has 1 aliphatic rings. The molecule has 0 atom stereocenters. The van der Waals surface area contributed by atoms with Gasteiger partial charge in [0.25, 0.3) is 11.8 Å². The van der Waals surface area contributed by atoms with Crippen molar-refractivity contribution in [3.05, 3.63) is 94.6 Å². The largest absolute Gasteiger partial charge is 0.497 e. The maximum Gasteiger partial charge on any atom is 0.282 e. The molecule has 0 saturated carbocycles. The molecule has 0 aliphatic carbocycles. The van der Waals surface area contributed by atoms with E-state index < -0.39 is 5.91 Å². The number of carbonyl (C=O) groups excluding carboxylic acids is 2. The van der Waals surface area contributed by atoms with Crippen LogP contribution in [0.4, 0.5) is 11.4 Å². The Morgan fingerprint density at radius 3 is 2.17 bits per heavy atom. The Morgan fingerprint density at radius 1 is 0.867 bits per heavy atom. The summed E-state index contributed by atoms with van der Waals surface area (Å²) in [6.45, 7) is 1.87.